The van der Waals surface area contributed by atoms with Gasteiger partial charge in [-0.25, -0.2) is 4.98 Å². The molecule has 1 unspecified atom stereocenters. The maximum Gasteiger partial charge on any atom is 0.311 e. The Hall–Kier alpha value is -2.37. The van der Waals surface area contributed by atoms with Crippen molar-refractivity contribution >= 4 is 22.9 Å². The Labute approximate surface area is 121 Å². The number of nitrogens with one attached hydrogen (secondary N) is 1. The minimum Gasteiger partial charge on any atom is -0.481 e. The largest absolute Gasteiger partial charge is 0.481 e. The summed E-state index contributed by atoms with van der Waals surface area (Å²) in [7, 11) is 0. The van der Waals surface area contributed by atoms with Crippen LogP contribution in [0.25, 0.3) is 11.0 Å². The number of carboxylic acid groups (broad SMARTS) is 1. The van der Waals surface area contributed by atoms with Crippen LogP contribution in [0.4, 0.5) is 0 Å². The zero-order chi connectivity index (χ0) is 15.0. The van der Waals surface area contributed by atoms with Crippen molar-refractivity contribution in [3.8, 4) is 0 Å². The van der Waals surface area contributed by atoms with Crippen molar-refractivity contribution in [2.45, 2.75) is 25.8 Å². The molecule has 110 valence electrons. The average Bonchev–Trinajstić information content (AvgIpc) is 3.17. The van der Waals surface area contributed by atoms with Gasteiger partial charge < -0.3 is 15.0 Å². The highest BCUT2D eigenvalue weighted by Gasteiger charge is 2.50. The summed E-state index contributed by atoms with van der Waals surface area (Å²) in [4.78, 5) is 27.6. The Morgan fingerprint density at radius 1 is 1.43 bits per heavy atom. The molecule has 6 heteroatoms. The molecule has 0 radical (unpaired) electrons. The molecule has 1 atom stereocenters. The van der Waals surface area contributed by atoms with Crippen molar-refractivity contribution in [2.24, 2.45) is 5.41 Å². The van der Waals surface area contributed by atoms with Gasteiger partial charge in [0.15, 0.2) is 0 Å². The van der Waals surface area contributed by atoms with Gasteiger partial charge in [-0.1, -0.05) is 12.1 Å². The van der Waals surface area contributed by atoms with E-state index in [9.17, 15) is 9.59 Å². The van der Waals surface area contributed by atoms with Crippen molar-refractivity contribution in [2.75, 3.05) is 6.54 Å². The van der Waals surface area contributed by atoms with Crippen LogP contribution in [0.5, 0.6) is 0 Å². The number of carboxylic acids is 1. The van der Waals surface area contributed by atoms with Crippen LogP contribution in [0.1, 0.15) is 25.8 Å². The van der Waals surface area contributed by atoms with Gasteiger partial charge in [0.25, 0.3) is 0 Å². The van der Waals surface area contributed by atoms with Crippen LogP contribution < -0.4 is 5.32 Å². The van der Waals surface area contributed by atoms with Gasteiger partial charge in [0.05, 0.1) is 22.8 Å². The van der Waals surface area contributed by atoms with E-state index in [2.05, 4.69) is 10.3 Å². The monoisotopic (exact) mass is 287 g/mol. The summed E-state index contributed by atoms with van der Waals surface area (Å²) in [5.74, 6) is -1.02. The van der Waals surface area contributed by atoms with Crippen LogP contribution in [0, 0.1) is 5.41 Å². The van der Waals surface area contributed by atoms with E-state index in [-0.39, 0.29) is 12.5 Å². The minimum atomic E-state index is -0.830. The number of fused-ring (bicyclic) bond motifs is 1. The van der Waals surface area contributed by atoms with Gasteiger partial charge in [0.1, 0.15) is 6.04 Å². The van der Waals surface area contributed by atoms with Crippen LogP contribution in [-0.4, -0.2) is 33.1 Å². The van der Waals surface area contributed by atoms with E-state index < -0.39 is 17.4 Å². The molecule has 1 aliphatic rings. The van der Waals surface area contributed by atoms with Gasteiger partial charge in [0, 0.05) is 6.54 Å². The van der Waals surface area contributed by atoms with Crippen molar-refractivity contribution in [3.63, 3.8) is 0 Å². The molecule has 3 rings (SSSR count). The van der Waals surface area contributed by atoms with Crippen molar-refractivity contribution in [3.05, 3.63) is 30.6 Å². The molecule has 1 amide bonds. The summed E-state index contributed by atoms with van der Waals surface area (Å²) >= 11 is 0. The Kier molecular flexibility index (Phi) is 3.16. The van der Waals surface area contributed by atoms with Gasteiger partial charge in [-0.3, -0.25) is 9.59 Å². The first-order chi connectivity index (χ1) is 10.0. The molecule has 0 saturated heterocycles. The Bertz CT molecular complexity index is 703. The normalized spacial score (nSPS) is 17.4. The number of rotatable bonds is 5. The van der Waals surface area contributed by atoms with E-state index in [0.717, 1.165) is 11.0 Å². The van der Waals surface area contributed by atoms with Crippen molar-refractivity contribution in [1.82, 2.24) is 14.9 Å². The highest BCUT2D eigenvalue weighted by molar-refractivity contribution is 5.85. The number of carbonyl (C=O) groups is 2. The molecular weight excluding hydrogens is 270 g/mol. The summed E-state index contributed by atoms with van der Waals surface area (Å²) < 4.78 is 1.80. The first-order valence-corrected chi connectivity index (χ1v) is 6.96. The molecule has 21 heavy (non-hydrogen) atoms. The van der Waals surface area contributed by atoms with Crippen LogP contribution in [0.2, 0.25) is 0 Å². The fourth-order valence-electron chi connectivity index (χ4n) is 2.43. The first-order valence-electron chi connectivity index (χ1n) is 6.96. The summed E-state index contributed by atoms with van der Waals surface area (Å²) in [6.07, 6.45) is 2.90. The molecule has 6 nitrogen and oxygen atoms in total. The Morgan fingerprint density at radius 3 is 2.81 bits per heavy atom. The molecule has 2 aromatic rings. The van der Waals surface area contributed by atoms with Gasteiger partial charge in [-0.2, -0.15) is 0 Å². The Morgan fingerprint density at radius 2 is 2.14 bits per heavy atom. The zero-order valence-corrected chi connectivity index (χ0v) is 11.7. The number of para-hydroxylation sites is 2. The highest BCUT2D eigenvalue weighted by Crippen LogP contribution is 2.45. The molecule has 1 aromatic carbocycles. The van der Waals surface area contributed by atoms with Gasteiger partial charge in [-0.05, 0) is 31.9 Å². The van der Waals surface area contributed by atoms with E-state index in [1.54, 1.807) is 17.8 Å². The van der Waals surface area contributed by atoms with Crippen LogP contribution in [0.15, 0.2) is 30.6 Å². The second-order valence-corrected chi connectivity index (χ2v) is 5.62. The first kappa shape index (κ1) is 13.6. The maximum atomic E-state index is 12.2. The standard InChI is InChI=1S/C15H17N3O3/c1-10(13(19)16-8-15(6-7-15)14(20)21)18-9-17-11-4-2-3-5-12(11)18/h2-5,9-10H,6-8H2,1H3,(H,16,19)(H,20,21). The quantitative estimate of drug-likeness (QED) is 0.874. The average molecular weight is 287 g/mol. The van der Waals surface area contributed by atoms with E-state index in [0.29, 0.717) is 12.8 Å². The minimum absolute atomic E-state index is 0.189. The number of benzene rings is 1. The lowest BCUT2D eigenvalue weighted by molar-refractivity contribution is -0.143. The third-order valence-electron chi connectivity index (χ3n) is 4.19. The molecule has 1 aliphatic carbocycles. The molecule has 2 N–H and O–H groups in total. The topological polar surface area (TPSA) is 84.2 Å². The van der Waals surface area contributed by atoms with Crippen molar-refractivity contribution in [1.29, 1.82) is 0 Å². The summed E-state index contributed by atoms with van der Waals surface area (Å²) in [6, 6.07) is 7.16. The molecule has 0 bridgehead atoms. The smallest absolute Gasteiger partial charge is 0.311 e. The summed E-state index contributed by atoms with van der Waals surface area (Å²) in [6.45, 7) is 1.97. The number of hydrogen-bond acceptors (Lipinski definition) is 3. The number of imidazole rings is 1. The van der Waals surface area contributed by atoms with Gasteiger partial charge in [-0.15, -0.1) is 0 Å². The lowest BCUT2D eigenvalue weighted by atomic mass is 10.1. The number of nitrogens with zero attached hydrogens (tertiary/aromatic N) is 2. The summed E-state index contributed by atoms with van der Waals surface area (Å²) in [5, 5.41) is 11.9. The predicted octanol–water partition coefficient (Wildman–Crippen LogP) is 1.58. The highest BCUT2D eigenvalue weighted by atomic mass is 16.4. The lowest BCUT2D eigenvalue weighted by Crippen LogP contribution is -2.37. The summed E-state index contributed by atoms with van der Waals surface area (Å²) in [5.41, 5.74) is 0.979. The SMILES string of the molecule is CC(C(=O)NCC1(C(=O)O)CC1)n1cnc2ccccc21. The second kappa shape index (κ2) is 4.87. The van der Waals surface area contributed by atoms with Crippen LogP contribution in [0.3, 0.4) is 0 Å². The number of aliphatic carboxylic acids is 1. The molecule has 1 heterocycles. The van der Waals surface area contributed by atoms with Crippen molar-refractivity contribution < 1.29 is 14.7 Å². The van der Waals surface area contributed by atoms with E-state index in [1.165, 1.54) is 0 Å². The fourth-order valence-corrected chi connectivity index (χ4v) is 2.43. The molecule has 1 saturated carbocycles. The molecule has 0 spiro atoms. The molecule has 1 aromatic heterocycles. The van der Waals surface area contributed by atoms with Gasteiger partial charge >= 0.3 is 5.97 Å². The second-order valence-electron chi connectivity index (χ2n) is 5.62. The third-order valence-corrected chi connectivity index (χ3v) is 4.19. The molecule has 0 aliphatic heterocycles. The number of carbonyl (C=O) groups excluding carboxylic acids is 1. The van der Waals surface area contributed by atoms with Gasteiger partial charge in [0.2, 0.25) is 5.91 Å². The van der Waals surface area contributed by atoms with Crippen LogP contribution in [-0.2, 0) is 9.59 Å². The Balaban J connectivity index is 1.71. The molecular formula is C15H17N3O3. The predicted molar refractivity (Wildman–Crippen MR) is 76.8 cm³/mol. The third kappa shape index (κ3) is 2.37. The number of aromatic nitrogens is 2. The van der Waals surface area contributed by atoms with Crippen LogP contribution >= 0.6 is 0 Å². The maximum absolute atomic E-state index is 12.2. The number of hydrogen-bond donors (Lipinski definition) is 2. The van der Waals surface area contributed by atoms with E-state index in [4.69, 9.17) is 5.11 Å². The number of amides is 1. The fraction of sp³-hybridized carbons (Fsp3) is 0.400. The zero-order valence-electron chi connectivity index (χ0n) is 11.7. The molecule has 1 fully saturated rings. The lowest BCUT2D eigenvalue weighted by Gasteiger charge is -2.16. The van der Waals surface area contributed by atoms with E-state index >= 15 is 0 Å². The van der Waals surface area contributed by atoms with E-state index in [1.807, 2.05) is 24.3 Å².